The molecule has 1 aliphatic heterocycles. The summed E-state index contributed by atoms with van der Waals surface area (Å²) >= 11 is 0. The number of ether oxygens (including phenoxy) is 2. The Balaban J connectivity index is 2.51. The predicted octanol–water partition coefficient (Wildman–Crippen LogP) is -0.0124. The molecule has 2 unspecified atom stereocenters. The Morgan fingerprint density at radius 2 is 2.44 bits per heavy atom. The number of rotatable bonds is 5. The molecule has 0 saturated carbocycles. The lowest BCUT2D eigenvalue weighted by atomic mass is 10.1. The highest BCUT2D eigenvalue weighted by molar-refractivity contribution is 5.74. The average Bonchev–Trinajstić information content (AvgIpc) is 2.35. The summed E-state index contributed by atoms with van der Waals surface area (Å²) in [4.78, 5) is 13.7. The standard InChI is InChI=1S/C11H22N2O3/c1-3-9(4-5-12)13-6-7-16-10(8-13)11(14)15-2/h9-10H,3-8,12H2,1-2H3. The fourth-order valence-electron chi connectivity index (χ4n) is 2.11. The van der Waals surface area contributed by atoms with E-state index in [1.807, 2.05) is 0 Å². The molecule has 0 aliphatic carbocycles. The van der Waals surface area contributed by atoms with Crippen molar-refractivity contribution in [1.82, 2.24) is 4.90 Å². The van der Waals surface area contributed by atoms with E-state index >= 15 is 0 Å². The molecule has 1 rings (SSSR count). The molecule has 1 saturated heterocycles. The average molecular weight is 230 g/mol. The fraction of sp³-hybridized carbons (Fsp3) is 0.909. The number of esters is 1. The zero-order valence-electron chi connectivity index (χ0n) is 10.1. The summed E-state index contributed by atoms with van der Waals surface area (Å²) in [6, 6.07) is 0.445. The van der Waals surface area contributed by atoms with E-state index in [1.54, 1.807) is 0 Å². The number of carbonyl (C=O) groups excluding carboxylic acids is 1. The summed E-state index contributed by atoms with van der Waals surface area (Å²) in [6.07, 6.45) is 1.57. The van der Waals surface area contributed by atoms with Crippen molar-refractivity contribution in [2.24, 2.45) is 5.73 Å². The molecule has 0 aromatic carbocycles. The quantitative estimate of drug-likeness (QED) is 0.673. The molecule has 5 heteroatoms. The molecular weight excluding hydrogens is 208 g/mol. The van der Waals surface area contributed by atoms with E-state index in [0.29, 0.717) is 25.7 Å². The largest absolute Gasteiger partial charge is 0.467 e. The number of carbonyl (C=O) groups is 1. The van der Waals surface area contributed by atoms with Crippen LogP contribution in [-0.2, 0) is 14.3 Å². The maximum absolute atomic E-state index is 11.4. The molecule has 0 spiro atoms. The normalized spacial score (nSPS) is 24.1. The fourth-order valence-corrected chi connectivity index (χ4v) is 2.11. The molecule has 0 aromatic heterocycles. The molecule has 94 valence electrons. The second-order valence-electron chi connectivity index (χ2n) is 4.02. The third-order valence-electron chi connectivity index (χ3n) is 3.05. The van der Waals surface area contributed by atoms with Crippen molar-refractivity contribution < 1.29 is 14.3 Å². The molecule has 16 heavy (non-hydrogen) atoms. The van der Waals surface area contributed by atoms with Gasteiger partial charge in [-0.2, -0.15) is 0 Å². The van der Waals surface area contributed by atoms with Crippen LogP contribution < -0.4 is 5.73 Å². The van der Waals surface area contributed by atoms with Crippen molar-refractivity contribution in [3.63, 3.8) is 0 Å². The van der Waals surface area contributed by atoms with Crippen LogP contribution in [0.15, 0.2) is 0 Å². The molecule has 2 atom stereocenters. The van der Waals surface area contributed by atoms with Gasteiger partial charge in [-0.3, -0.25) is 4.90 Å². The number of hydrogen-bond donors (Lipinski definition) is 1. The van der Waals surface area contributed by atoms with Crippen LogP contribution in [-0.4, -0.2) is 56.4 Å². The van der Waals surface area contributed by atoms with Gasteiger partial charge < -0.3 is 15.2 Å². The summed E-state index contributed by atoms with van der Waals surface area (Å²) < 4.78 is 10.1. The molecule has 0 amide bonds. The van der Waals surface area contributed by atoms with Crippen molar-refractivity contribution in [3.8, 4) is 0 Å². The van der Waals surface area contributed by atoms with Gasteiger partial charge in [0.15, 0.2) is 6.10 Å². The SMILES string of the molecule is CCC(CCN)N1CCOC(C(=O)OC)C1. The van der Waals surface area contributed by atoms with Gasteiger partial charge in [0, 0.05) is 19.1 Å². The Hall–Kier alpha value is -0.650. The minimum absolute atomic E-state index is 0.285. The first-order valence-electron chi connectivity index (χ1n) is 5.86. The van der Waals surface area contributed by atoms with Gasteiger partial charge in [0.05, 0.1) is 13.7 Å². The van der Waals surface area contributed by atoms with Crippen molar-refractivity contribution in [3.05, 3.63) is 0 Å². The first kappa shape index (κ1) is 13.4. The highest BCUT2D eigenvalue weighted by Crippen LogP contribution is 2.14. The summed E-state index contributed by atoms with van der Waals surface area (Å²) in [6.45, 7) is 4.89. The van der Waals surface area contributed by atoms with E-state index in [-0.39, 0.29) is 5.97 Å². The maximum Gasteiger partial charge on any atom is 0.336 e. The first-order chi connectivity index (χ1) is 7.72. The molecule has 1 aliphatic rings. The zero-order chi connectivity index (χ0) is 12.0. The molecule has 0 aromatic rings. The monoisotopic (exact) mass is 230 g/mol. The topological polar surface area (TPSA) is 64.8 Å². The van der Waals surface area contributed by atoms with Gasteiger partial charge in [-0.05, 0) is 19.4 Å². The van der Waals surface area contributed by atoms with Crippen LogP contribution in [0.25, 0.3) is 0 Å². The van der Waals surface area contributed by atoms with E-state index in [2.05, 4.69) is 11.8 Å². The number of nitrogens with zero attached hydrogens (tertiary/aromatic N) is 1. The summed E-state index contributed by atoms with van der Waals surface area (Å²) in [7, 11) is 1.39. The minimum atomic E-state index is -0.439. The van der Waals surface area contributed by atoms with Crippen LogP contribution in [0.3, 0.4) is 0 Å². The summed E-state index contributed by atoms with van der Waals surface area (Å²) in [5, 5.41) is 0. The Kier molecular flexibility index (Phi) is 5.73. The lowest BCUT2D eigenvalue weighted by Gasteiger charge is -2.36. The first-order valence-corrected chi connectivity index (χ1v) is 5.86. The Morgan fingerprint density at radius 3 is 3.00 bits per heavy atom. The van der Waals surface area contributed by atoms with E-state index in [4.69, 9.17) is 15.2 Å². The molecular formula is C11H22N2O3. The summed E-state index contributed by atoms with van der Waals surface area (Å²) in [5.74, 6) is -0.285. The highest BCUT2D eigenvalue weighted by Gasteiger charge is 2.30. The molecule has 5 nitrogen and oxygen atoms in total. The number of hydrogen-bond acceptors (Lipinski definition) is 5. The predicted molar refractivity (Wildman–Crippen MR) is 61.1 cm³/mol. The van der Waals surface area contributed by atoms with Crippen LogP contribution >= 0.6 is 0 Å². The second kappa shape index (κ2) is 6.83. The van der Waals surface area contributed by atoms with Crippen LogP contribution in [0.5, 0.6) is 0 Å². The van der Waals surface area contributed by atoms with Crippen LogP contribution in [0.2, 0.25) is 0 Å². The Morgan fingerprint density at radius 1 is 1.69 bits per heavy atom. The molecule has 2 N–H and O–H groups in total. The van der Waals surface area contributed by atoms with Crippen LogP contribution in [0.4, 0.5) is 0 Å². The van der Waals surface area contributed by atoms with Crippen molar-refractivity contribution >= 4 is 5.97 Å². The van der Waals surface area contributed by atoms with E-state index in [9.17, 15) is 4.79 Å². The van der Waals surface area contributed by atoms with Gasteiger partial charge in [-0.1, -0.05) is 6.92 Å². The third-order valence-corrected chi connectivity index (χ3v) is 3.05. The van der Waals surface area contributed by atoms with Crippen LogP contribution in [0, 0.1) is 0 Å². The number of nitrogens with two attached hydrogens (primary N) is 1. The highest BCUT2D eigenvalue weighted by atomic mass is 16.6. The summed E-state index contributed by atoms with van der Waals surface area (Å²) in [5.41, 5.74) is 5.58. The number of morpholine rings is 1. The van der Waals surface area contributed by atoms with Crippen LogP contribution in [0.1, 0.15) is 19.8 Å². The zero-order valence-corrected chi connectivity index (χ0v) is 10.1. The lowest BCUT2D eigenvalue weighted by Crippen LogP contribution is -2.50. The third kappa shape index (κ3) is 3.43. The minimum Gasteiger partial charge on any atom is -0.467 e. The van der Waals surface area contributed by atoms with E-state index < -0.39 is 6.10 Å². The lowest BCUT2D eigenvalue weighted by molar-refractivity contribution is -0.160. The second-order valence-corrected chi connectivity index (χ2v) is 4.02. The molecule has 0 bridgehead atoms. The molecule has 1 fully saturated rings. The van der Waals surface area contributed by atoms with Gasteiger partial charge >= 0.3 is 5.97 Å². The Labute approximate surface area is 96.9 Å². The van der Waals surface area contributed by atoms with Crippen molar-refractivity contribution in [2.45, 2.75) is 31.9 Å². The smallest absolute Gasteiger partial charge is 0.336 e. The van der Waals surface area contributed by atoms with Gasteiger partial charge in [-0.15, -0.1) is 0 Å². The van der Waals surface area contributed by atoms with Crippen molar-refractivity contribution in [2.75, 3.05) is 33.4 Å². The van der Waals surface area contributed by atoms with E-state index in [1.165, 1.54) is 7.11 Å². The molecule has 1 heterocycles. The number of methoxy groups -OCH3 is 1. The van der Waals surface area contributed by atoms with E-state index in [0.717, 1.165) is 19.4 Å². The Bertz CT molecular complexity index is 223. The van der Waals surface area contributed by atoms with Gasteiger partial charge in [0.1, 0.15) is 0 Å². The molecule has 0 radical (unpaired) electrons. The van der Waals surface area contributed by atoms with Gasteiger partial charge in [0.2, 0.25) is 0 Å². The van der Waals surface area contributed by atoms with Gasteiger partial charge in [0.25, 0.3) is 0 Å². The maximum atomic E-state index is 11.4. The van der Waals surface area contributed by atoms with Crippen molar-refractivity contribution in [1.29, 1.82) is 0 Å². The van der Waals surface area contributed by atoms with Gasteiger partial charge in [-0.25, -0.2) is 4.79 Å².